The van der Waals surface area contributed by atoms with Gasteiger partial charge in [-0.1, -0.05) is 57.2 Å². The number of esters is 1. The van der Waals surface area contributed by atoms with E-state index in [1.807, 2.05) is 12.1 Å². The summed E-state index contributed by atoms with van der Waals surface area (Å²) < 4.78 is 20.7. The van der Waals surface area contributed by atoms with Crippen molar-refractivity contribution >= 4 is 37.2 Å². The van der Waals surface area contributed by atoms with Crippen molar-refractivity contribution in [3.63, 3.8) is 0 Å². The highest BCUT2D eigenvalue weighted by Gasteiger charge is 2.48. The molecule has 10 nitrogen and oxygen atoms in total. The highest BCUT2D eigenvalue weighted by Crippen LogP contribution is 2.41. The number of carbonyl (C=O) groups excluding carboxylic acids is 2. The van der Waals surface area contributed by atoms with Crippen LogP contribution in [0.1, 0.15) is 47.7 Å². The van der Waals surface area contributed by atoms with Gasteiger partial charge in [0, 0.05) is 5.56 Å². The van der Waals surface area contributed by atoms with E-state index in [9.17, 15) is 9.59 Å². The van der Waals surface area contributed by atoms with Crippen LogP contribution in [0.5, 0.6) is 0 Å². The molecule has 0 radical (unpaired) electrons. The SMILES string of the molecule is CC(C)(C)[Si](C)(C)OC1COC(n2cnc3c(NC(=O)c4ccccc4)ncnc32)C1OC(=O)c1ccccc1. The number of ether oxygens (including phenoxy) is 2. The molecule has 11 heteroatoms. The van der Waals surface area contributed by atoms with Gasteiger partial charge in [-0.2, -0.15) is 0 Å². The minimum atomic E-state index is -2.24. The summed E-state index contributed by atoms with van der Waals surface area (Å²) in [6.07, 6.45) is 0.900. The van der Waals surface area contributed by atoms with Gasteiger partial charge in [0.15, 0.2) is 37.6 Å². The number of amides is 1. The van der Waals surface area contributed by atoms with E-state index < -0.39 is 32.7 Å². The van der Waals surface area contributed by atoms with Crippen molar-refractivity contribution in [2.24, 2.45) is 0 Å². The summed E-state index contributed by atoms with van der Waals surface area (Å²) in [6, 6.07) is 17.7. The number of hydrogen-bond acceptors (Lipinski definition) is 8. The number of nitrogens with one attached hydrogen (secondary N) is 1. The molecule has 2 aromatic heterocycles. The van der Waals surface area contributed by atoms with E-state index in [2.05, 4.69) is 54.1 Å². The molecular formula is C29H33N5O5Si. The first kappa shape index (κ1) is 27.6. The maximum Gasteiger partial charge on any atom is 0.338 e. The summed E-state index contributed by atoms with van der Waals surface area (Å²) in [6.45, 7) is 11.0. The topological polar surface area (TPSA) is 117 Å². The van der Waals surface area contributed by atoms with E-state index in [0.29, 0.717) is 22.3 Å². The maximum atomic E-state index is 13.2. The maximum absolute atomic E-state index is 13.2. The fourth-order valence-corrected chi connectivity index (χ4v) is 5.57. The van der Waals surface area contributed by atoms with Gasteiger partial charge in [-0.25, -0.2) is 19.7 Å². The average Bonchev–Trinajstić information content (AvgIpc) is 3.53. The number of aromatic nitrogens is 4. The van der Waals surface area contributed by atoms with Crippen molar-refractivity contribution in [2.45, 2.75) is 57.3 Å². The third kappa shape index (κ3) is 5.53. The number of rotatable bonds is 7. The molecule has 208 valence electrons. The molecule has 0 saturated carbocycles. The van der Waals surface area contributed by atoms with Gasteiger partial charge < -0.3 is 19.2 Å². The van der Waals surface area contributed by atoms with Gasteiger partial charge in [-0.15, -0.1) is 0 Å². The van der Waals surface area contributed by atoms with Gasteiger partial charge in [-0.05, 0) is 42.4 Å². The largest absolute Gasteiger partial charge is 0.451 e. The Balaban J connectivity index is 1.47. The molecule has 3 heterocycles. The minimum absolute atomic E-state index is 0.0557. The van der Waals surface area contributed by atoms with E-state index in [0.717, 1.165) is 0 Å². The van der Waals surface area contributed by atoms with Crippen LogP contribution in [0.15, 0.2) is 73.3 Å². The lowest BCUT2D eigenvalue weighted by atomic mass is 10.2. The van der Waals surface area contributed by atoms with Crippen LogP contribution in [0.2, 0.25) is 18.1 Å². The molecule has 3 unspecified atom stereocenters. The zero-order valence-corrected chi connectivity index (χ0v) is 24.2. The first-order valence-electron chi connectivity index (χ1n) is 13.1. The van der Waals surface area contributed by atoms with Gasteiger partial charge in [0.05, 0.1) is 18.5 Å². The quantitative estimate of drug-likeness (QED) is 0.242. The predicted molar refractivity (Wildman–Crippen MR) is 152 cm³/mol. The first-order chi connectivity index (χ1) is 19.0. The van der Waals surface area contributed by atoms with E-state index in [4.69, 9.17) is 13.9 Å². The zero-order chi connectivity index (χ0) is 28.5. The third-order valence-corrected chi connectivity index (χ3v) is 12.0. The summed E-state index contributed by atoms with van der Waals surface area (Å²) in [5, 5.41) is 2.76. The molecule has 1 fully saturated rings. The van der Waals surface area contributed by atoms with Crippen LogP contribution in [0.4, 0.5) is 5.82 Å². The highest BCUT2D eigenvalue weighted by atomic mass is 28.4. The van der Waals surface area contributed by atoms with Crippen molar-refractivity contribution in [2.75, 3.05) is 11.9 Å². The second kappa shape index (κ2) is 10.9. The Labute approximate surface area is 233 Å². The molecule has 1 aliphatic heterocycles. The summed E-state index contributed by atoms with van der Waals surface area (Å²) in [5.41, 5.74) is 1.74. The Hall–Kier alpha value is -3.93. The lowest BCUT2D eigenvalue weighted by Crippen LogP contribution is -2.48. The van der Waals surface area contributed by atoms with Gasteiger partial charge in [0.2, 0.25) is 0 Å². The Bertz CT molecular complexity index is 1500. The standard InChI is InChI=1S/C29H33N5O5Si/c1-29(2,3)40(4,5)39-21-16-37-27(23(21)38-28(36)20-14-10-7-11-15-20)34-18-32-22-24(30-17-31-25(22)34)33-26(35)19-12-8-6-9-13-19/h6-15,17-18,21,23,27H,16H2,1-5H3,(H,30,31,33,35). The molecule has 2 aromatic carbocycles. The second-order valence-corrected chi connectivity index (χ2v) is 16.0. The van der Waals surface area contributed by atoms with Crippen LogP contribution in [-0.2, 0) is 13.9 Å². The minimum Gasteiger partial charge on any atom is -0.451 e. The Kier molecular flexibility index (Phi) is 7.54. The zero-order valence-electron chi connectivity index (χ0n) is 23.2. The molecule has 4 aromatic rings. The normalized spacial score (nSPS) is 19.5. The molecule has 5 rings (SSSR count). The lowest BCUT2D eigenvalue weighted by molar-refractivity contribution is -0.0390. The predicted octanol–water partition coefficient (Wildman–Crippen LogP) is 5.22. The molecule has 0 aliphatic carbocycles. The number of carbonyl (C=O) groups is 2. The molecule has 40 heavy (non-hydrogen) atoms. The first-order valence-corrected chi connectivity index (χ1v) is 16.1. The fourth-order valence-electron chi connectivity index (χ4n) is 4.26. The molecule has 1 saturated heterocycles. The molecule has 1 amide bonds. The molecular weight excluding hydrogens is 526 g/mol. The number of imidazole rings is 1. The number of anilines is 1. The Morgan fingerprint density at radius 3 is 2.27 bits per heavy atom. The number of hydrogen-bond donors (Lipinski definition) is 1. The highest BCUT2D eigenvalue weighted by molar-refractivity contribution is 6.74. The van der Waals surface area contributed by atoms with Crippen molar-refractivity contribution in [1.29, 1.82) is 0 Å². The molecule has 0 bridgehead atoms. The Morgan fingerprint density at radius 2 is 1.62 bits per heavy atom. The van der Waals surface area contributed by atoms with Gasteiger partial charge in [0.25, 0.3) is 5.91 Å². The summed E-state index contributed by atoms with van der Waals surface area (Å²) in [4.78, 5) is 39.1. The van der Waals surface area contributed by atoms with Crippen LogP contribution >= 0.6 is 0 Å². The van der Waals surface area contributed by atoms with Crippen LogP contribution < -0.4 is 5.32 Å². The van der Waals surface area contributed by atoms with Crippen molar-refractivity contribution in [3.05, 3.63) is 84.4 Å². The van der Waals surface area contributed by atoms with Gasteiger partial charge in [-0.3, -0.25) is 9.36 Å². The van der Waals surface area contributed by atoms with Crippen LogP contribution in [-0.4, -0.2) is 58.5 Å². The molecule has 0 spiro atoms. The number of fused-ring (bicyclic) bond motifs is 1. The van der Waals surface area contributed by atoms with Gasteiger partial charge >= 0.3 is 5.97 Å². The monoisotopic (exact) mass is 559 g/mol. The third-order valence-electron chi connectivity index (χ3n) is 7.48. The average molecular weight is 560 g/mol. The van der Waals surface area contributed by atoms with Crippen LogP contribution in [0.25, 0.3) is 11.2 Å². The fraction of sp³-hybridized carbons (Fsp3) is 0.345. The van der Waals surface area contributed by atoms with E-state index >= 15 is 0 Å². The molecule has 3 atom stereocenters. The van der Waals surface area contributed by atoms with Crippen molar-refractivity contribution in [3.8, 4) is 0 Å². The van der Waals surface area contributed by atoms with Crippen LogP contribution in [0, 0.1) is 0 Å². The molecule has 1 aliphatic rings. The smallest absolute Gasteiger partial charge is 0.338 e. The Morgan fingerprint density at radius 1 is 0.975 bits per heavy atom. The van der Waals surface area contributed by atoms with Gasteiger partial charge in [0.1, 0.15) is 12.4 Å². The van der Waals surface area contributed by atoms with Crippen molar-refractivity contribution in [1.82, 2.24) is 19.5 Å². The summed E-state index contributed by atoms with van der Waals surface area (Å²) in [7, 11) is -2.24. The second-order valence-electron chi connectivity index (χ2n) is 11.2. The van der Waals surface area contributed by atoms with E-state index in [-0.39, 0.29) is 23.4 Å². The lowest BCUT2D eigenvalue weighted by Gasteiger charge is -2.39. The summed E-state index contributed by atoms with van der Waals surface area (Å²) >= 11 is 0. The van der Waals surface area contributed by atoms with E-state index in [1.54, 1.807) is 59.4 Å². The number of nitrogens with zero attached hydrogens (tertiary/aromatic N) is 4. The van der Waals surface area contributed by atoms with Crippen molar-refractivity contribution < 1.29 is 23.5 Å². The van der Waals surface area contributed by atoms with Crippen LogP contribution in [0.3, 0.4) is 0 Å². The number of benzene rings is 2. The summed E-state index contributed by atoms with van der Waals surface area (Å²) in [5.74, 6) is -0.521. The molecule has 1 N–H and O–H groups in total. The van der Waals surface area contributed by atoms with E-state index in [1.165, 1.54) is 6.33 Å².